The Bertz CT molecular complexity index is 810. The molecule has 0 spiro atoms. The predicted octanol–water partition coefficient (Wildman–Crippen LogP) is 1.53. The zero-order chi connectivity index (χ0) is 19.5. The molecule has 0 unspecified atom stereocenters. The van der Waals surface area contributed by atoms with Crippen molar-refractivity contribution in [3.05, 3.63) is 36.0 Å². The van der Waals surface area contributed by atoms with Gasteiger partial charge in [0.2, 0.25) is 0 Å². The zero-order valence-corrected chi connectivity index (χ0v) is 16.3. The normalized spacial score (nSPS) is 23.3. The Morgan fingerprint density at radius 1 is 1.11 bits per heavy atom. The highest BCUT2D eigenvalue weighted by atomic mass is 16.5. The maximum Gasteiger partial charge on any atom is 0.165 e. The minimum absolute atomic E-state index is 0.180. The first-order chi connectivity index (χ1) is 13.6. The number of aromatic hydroxyl groups is 1. The van der Waals surface area contributed by atoms with Crippen LogP contribution in [0.15, 0.2) is 30.3 Å². The van der Waals surface area contributed by atoms with E-state index in [-0.39, 0.29) is 18.3 Å². The van der Waals surface area contributed by atoms with Gasteiger partial charge in [0.25, 0.3) is 0 Å². The first kappa shape index (κ1) is 19.1. The molecule has 2 atom stereocenters. The highest BCUT2D eigenvalue weighted by molar-refractivity contribution is 5.65. The lowest BCUT2D eigenvalue weighted by molar-refractivity contribution is 0.0268. The largest absolute Gasteiger partial charge is 0.507 e. The first-order valence-electron chi connectivity index (χ1n) is 9.94. The number of aliphatic hydroxyl groups is 1. The maximum atomic E-state index is 10.2. The van der Waals surface area contributed by atoms with E-state index >= 15 is 0 Å². The Hall–Kier alpha value is -2.22. The Morgan fingerprint density at radius 3 is 2.61 bits per heavy atom. The van der Waals surface area contributed by atoms with E-state index in [1.54, 1.807) is 12.1 Å². The third-order valence-electron chi connectivity index (χ3n) is 5.72. The van der Waals surface area contributed by atoms with Gasteiger partial charge in [0, 0.05) is 57.0 Å². The number of hydrogen-bond donors (Lipinski definition) is 2. The van der Waals surface area contributed by atoms with E-state index in [9.17, 15) is 10.2 Å². The molecule has 7 nitrogen and oxygen atoms in total. The molecule has 3 heterocycles. The molecule has 0 bridgehead atoms. The number of phenolic OH excluding ortho intramolecular Hbond substituents is 1. The molecule has 150 valence electrons. The molecular weight excluding hydrogens is 356 g/mol. The van der Waals surface area contributed by atoms with E-state index in [1.807, 2.05) is 25.1 Å². The number of aliphatic hydroxyl groups excluding tert-OH is 1. The number of nitrogens with zero attached hydrogens (tertiary/aromatic N) is 4. The van der Waals surface area contributed by atoms with Crippen LogP contribution in [-0.4, -0.2) is 77.6 Å². The SMILES string of the molecule is Cc1cc(N2C[C@@H](CN3CCOCC3)[C@@H](CO)C2)nc(-c2ccccc2O)n1. The number of aromatic nitrogens is 2. The molecule has 2 aliphatic rings. The average molecular weight is 384 g/mol. The van der Waals surface area contributed by atoms with Crippen molar-refractivity contribution in [1.29, 1.82) is 0 Å². The van der Waals surface area contributed by atoms with Crippen molar-refractivity contribution in [2.45, 2.75) is 6.92 Å². The number of hydrogen-bond acceptors (Lipinski definition) is 7. The number of morpholine rings is 1. The second-order valence-corrected chi connectivity index (χ2v) is 7.73. The van der Waals surface area contributed by atoms with Crippen LogP contribution in [0.25, 0.3) is 11.4 Å². The van der Waals surface area contributed by atoms with E-state index in [0.29, 0.717) is 17.3 Å². The molecule has 2 aromatic rings. The summed E-state index contributed by atoms with van der Waals surface area (Å²) in [4.78, 5) is 13.9. The standard InChI is InChI=1S/C21H28N4O3/c1-15-10-20(23-21(22-15)18-4-2-3-5-19(18)27)25-12-16(17(13-25)14-26)11-24-6-8-28-9-7-24/h2-5,10,16-17,26-27H,6-9,11-14H2,1H3/t16-,17-/m1/s1. The number of ether oxygens (including phenoxy) is 1. The summed E-state index contributed by atoms with van der Waals surface area (Å²) >= 11 is 0. The van der Waals surface area contributed by atoms with E-state index in [4.69, 9.17) is 9.72 Å². The molecule has 2 fully saturated rings. The van der Waals surface area contributed by atoms with Crippen LogP contribution >= 0.6 is 0 Å². The van der Waals surface area contributed by atoms with Gasteiger partial charge < -0.3 is 19.8 Å². The number of phenols is 1. The Balaban J connectivity index is 1.54. The molecule has 2 N–H and O–H groups in total. The van der Waals surface area contributed by atoms with Gasteiger partial charge in [0.05, 0.1) is 18.8 Å². The topological polar surface area (TPSA) is 82.0 Å². The van der Waals surface area contributed by atoms with Crippen LogP contribution in [0.3, 0.4) is 0 Å². The van der Waals surface area contributed by atoms with Crippen molar-refractivity contribution in [1.82, 2.24) is 14.9 Å². The fraction of sp³-hybridized carbons (Fsp3) is 0.524. The van der Waals surface area contributed by atoms with Crippen LogP contribution in [0.4, 0.5) is 5.82 Å². The summed E-state index contributed by atoms with van der Waals surface area (Å²) in [5, 5.41) is 20.1. The molecule has 7 heteroatoms. The Labute approximate surface area is 165 Å². The maximum absolute atomic E-state index is 10.2. The summed E-state index contributed by atoms with van der Waals surface area (Å²) < 4.78 is 5.45. The van der Waals surface area contributed by atoms with Gasteiger partial charge in [-0.25, -0.2) is 9.97 Å². The minimum atomic E-state index is 0.180. The lowest BCUT2D eigenvalue weighted by atomic mass is 9.96. The highest BCUT2D eigenvalue weighted by Gasteiger charge is 2.34. The van der Waals surface area contributed by atoms with Crippen molar-refractivity contribution < 1.29 is 14.9 Å². The second kappa shape index (κ2) is 8.43. The second-order valence-electron chi connectivity index (χ2n) is 7.73. The highest BCUT2D eigenvalue weighted by Crippen LogP contribution is 2.31. The van der Waals surface area contributed by atoms with Crippen LogP contribution in [0.2, 0.25) is 0 Å². The first-order valence-corrected chi connectivity index (χ1v) is 9.94. The number of aryl methyl sites for hydroxylation is 1. The Kier molecular flexibility index (Phi) is 5.75. The van der Waals surface area contributed by atoms with Gasteiger partial charge in [-0.1, -0.05) is 12.1 Å². The van der Waals surface area contributed by atoms with Gasteiger partial charge in [-0.05, 0) is 25.0 Å². The van der Waals surface area contributed by atoms with Crippen molar-refractivity contribution in [2.24, 2.45) is 11.8 Å². The van der Waals surface area contributed by atoms with Crippen LogP contribution in [-0.2, 0) is 4.74 Å². The zero-order valence-electron chi connectivity index (χ0n) is 16.3. The average Bonchev–Trinajstić information content (AvgIpc) is 3.11. The van der Waals surface area contributed by atoms with Gasteiger partial charge in [0.1, 0.15) is 11.6 Å². The number of para-hydroxylation sites is 1. The molecule has 0 saturated carbocycles. The predicted molar refractivity (Wildman–Crippen MR) is 107 cm³/mol. The summed E-state index contributed by atoms with van der Waals surface area (Å²) in [6, 6.07) is 9.12. The van der Waals surface area contributed by atoms with E-state index in [2.05, 4.69) is 14.8 Å². The fourth-order valence-corrected chi connectivity index (χ4v) is 4.15. The fourth-order valence-electron chi connectivity index (χ4n) is 4.15. The van der Waals surface area contributed by atoms with E-state index in [0.717, 1.165) is 57.4 Å². The Morgan fingerprint density at radius 2 is 1.86 bits per heavy atom. The molecule has 2 saturated heterocycles. The molecule has 0 radical (unpaired) electrons. The van der Waals surface area contributed by atoms with Crippen LogP contribution in [0, 0.1) is 18.8 Å². The number of benzene rings is 1. The summed E-state index contributed by atoms with van der Waals surface area (Å²) in [6.07, 6.45) is 0. The van der Waals surface area contributed by atoms with Crippen LogP contribution in [0.5, 0.6) is 5.75 Å². The van der Waals surface area contributed by atoms with Gasteiger partial charge in [-0.3, -0.25) is 4.90 Å². The molecule has 28 heavy (non-hydrogen) atoms. The van der Waals surface area contributed by atoms with Gasteiger partial charge in [-0.15, -0.1) is 0 Å². The monoisotopic (exact) mass is 384 g/mol. The minimum Gasteiger partial charge on any atom is -0.507 e. The molecule has 0 aliphatic carbocycles. The van der Waals surface area contributed by atoms with Crippen molar-refractivity contribution in [3.63, 3.8) is 0 Å². The van der Waals surface area contributed by atoms with Crippen molar-refractivity contribution in [3.8, 4) is 17.1 Å². The van der Waals surface area contributed by atoms with Crippen LogP contribution < -0.4 is 4.90 Å². The van der Waals surface area contributed by atoms with E-state index in [1.165, 1.54) is 0 Å². The summed E-state index contributed by atoms with van der Waals surface area (Å²) in [6.45, 7) is 8.23. The molecule has 2 aliphatic heterocycles. The third kappa shape index (κ3) is 4.11. The third-order valence-corrected chi connectivity index (χ3v) is 5.72. The summed E-state index contributed by atoms with van der Waals surface area (Å²) in [5.41, 5.74) is 1.50. The molecule has 1 aromatic carbocycles. The van der Waals surface area contributed by atoms with Gasteiger partial charge in [0.15, 0.2) is 5.82 Å². The molecule has 1 aromatic heterocycles. The van der Waals surface area contributed by atoms with Gasteiger partial charge in [-0.2, -0.15) is 0 Å². The number of rotatable bonds is 5. The van der Waals surface area contributed by atoms with E-state index < -0.39 is 0 Å². The molecule has 0 amide bonds. The quantitative estimate of drug-likeness (QED) is 0.809. The lowest BCUT2D eigenvalue weighted by Crippen LogP contribution is -2.41. The molecular formula is C21H28N4O3. The smallest absolute Gasteiger partial charge is 0.165 e. The summed E-state index contributed by atoms with van der Waals surface area (Å²) in [7, 11) is 0. The van der Waals surface area contributed by atoms with Crippen molar-refractivity contribution >= 4 is 5.82 Å². The molecule has 4 rings (SSSR count). The van der Waals surface area contributed by atoms with Crippen LogP contribution in [0.1, 0.15) is 5.69 Å². The summed E-state index contributed by atoms with van der Waals surface area (Å²) in [5.74, 6) is 2.19. The van der Waals surface area contributed by atoms with Gasteiger partial charge >= 0.3 is 0 Å². The number of anilines is 1. The van der Waals surface area contributed by atoms with Crippen molar-refractivity contribution in [2.75, 3.05) is 57.4 Å². The lowest BCUT2D eigenvalue weighted by Gasteiger charge is -2.30.